The Morgan fingerprint density at radius 2 is 2.26 bits per heavy atom. The first-order valence-corrected chi connectivity index (χ1v) is 9.08. The Hall–Kier alpha value is -1.36. The van der Waals surface area contributed by atoms with Gasteiger partial charge in [-0.3, -0.25) is 4.79 Å². The van der Waals surface area contributed by atoms with Crippen LogP contribution in [0.5, 0.6) is 0 Å². The van der Waals surface area contributed by atoms with Gasteiger partial charge in [0.15, 0.2) is 0 Å². The number of aromatic nitrogens is 1. The highest BCUT2D eigenvalue weighted by molar-refractivity contribution is 7.09. The van der Waals surface area contributed by atoms with Gasteiger partial charge < -0.3 is 4.90 Å². The van der Waals surface area contributed by atoms with E-state index in [4.69, 9.17) is 23.2 Å². The van der Waals surface area contributed by atoms with E-state index < -0.39 is 0 Å². The van der Waals surface area contributed by atoms with E-state index in [9.17, 15) is 4.79 Å². The average Bonchev–Trinajstić information content (AvgIpc) is 3.10. The molecule has 0 saturated carbocycles. The second-order valence-corrected chi connectivity index (χ2v) is 7.26. The first kappa shape index (κ1) is 16.5. The Balaban J connectivity index is 1.68. The first-order chi connectivity index (χ1) is 11.1. The standard InChI is InChI=1S/C17H16Cl2N2OS/c18-14-4-5-15(19)12(10-14)3-6-16(22)21-8-1-2-13(11-21)17-20-7-9-23-17/h3-7,9-10,13H,1-2,8,11H2/b6-3+. The molecule has 2 aromatic rings. The molecule has 1 aromatic carbocycles. The van der Waals surface area contributed by atoms with E-state index in [1.807, 2.05) is 16.5 Å². The Kier molecular flexibility index (Phi) is 5.36. The van der Waals surface area contributed by atoms with Crippen LogP contribution in [0.3, 0.4) is 0 Å². The summed E-state index contributed by atoms with van der Waals surface area (Å²) in [5.74, 6) is 0.346. The van der Waals surface area contributed by atoms with Gasteiger partial charge in [-0.1, -0.05) is 23.2 Å². The van der Waals surface area contributed by atoms with Crippen LogP contribution in [0.25, 0.3) is 6.08 Å². The molecule has 0 N–H and O–H groups in total. The minimum absolute atomic E-state index is 0.00213. The molecule has 1 amide bonds. The molecule has 2 heterocycles. The lowest BCUT2D eigenvalue weighted by Crippen LogP contribution is -2.38. The monoisotopic (exact) mass is 366 g/mol. The lowest BCUT2D eigenvalue weighted by Gasteiger charge is -2.31. The van der Waals surface area contributed by atoms with E-state index in [1.165, 1.54) is 0 Å². The van der Waals surface area contributed by atoms with Crippen LogP contribution in [0.2, 0.25) is 10.0 Å². The average molecular weight is 367 g/mol. The number of benzene rings is 1. The molecular weight excluding hydrogens is 351 g/mol. The van der Waals surface area contributed by atoms with Gasteiger partial charge in [0.25, 0.3) is 0 Å². The van der Waals surface area contributed by atoms with Crippen LogP contribution in [-0.4, -0.2) is 28.9 Å². The van der Waals surface area contributed by atoms with Crippen molar-refractivity contribution in [2.75, 3.05) is 13.1 Å². The molecule has 1 aliphatic heterocycles. The molecule has 3 nitrogen and oxygen atoms in total. The number of thiazole rings is 1. The fourth-order valence-electron chi connectivity index (χ4n) is 2.72. The van der Waals surface area contributed by atoms with E-state index in [0.717, 1.165) is 36.5 Å². The maximum atomic E-state index is 12.4. The van der Waals surface area contributed by atoms with Crippen molar-refractivity contribution in [3.63, 3.8) is 0 Å². The van der Waals surface area contributed by atoms with E-state index in [-0.39, 0.29) is 5.91 Å². The van der Waals surface area contributed by atoms with Crippen molar-refractivity contribution in [3.8, 4) is 0 Å². The predicted molar refractivity (Wildman–Crippen MR) is 96.2 cm³/mol. The van der Waals surface area contributed by atoms with Gasteiger partial charge in [-0.05, 0) is 42.7 Å². The summed E-state index contributed by atoms with van der Waals surface area (Å²) in [7, 11) is 0. The molecule has 120 valence electrons. The smallest absolute Gasteiger partial charge is 0.246 e. The molecule has 1 saturated heterocycles. The van der Waals surface area contributed by atoms with Crippen molar-refractivity contribution in [1.29, 1.82) is 0 Å². The predicted octanol–water partition coefficient (Wildman–Crippen LogP) is 4.87. The number of carbonyl (C=O) groups excluding carboxylic acids is 1. The first-order valence-electron chi connectivity index (χ1n) is 7.45. The lowest BCUT2D eigenvalue weighted by atomic mass is 9.98. The van der Waals surface area contributed by atoms with Gasteiger partial charge in [-0.25, -0.2) is 4.98 Å². The van der Waals surface area contributed by atoms with Crippen molar-refractivity contribution >= 4 is 46.5 Å². The number of hydrogen-bond donors (Lipinski definition) is 0. The van der Waals surface area contributed by atoms with Gasteiger partial charge in [-0.15, -0.1) is 11.3 Å². The third-order valence-corrected chi connectivity index (χ3v) is 5.41. The SMILES string of the molecule is O=C(/C=C/c1cc(Cl)ccc1Cl)N1CCCC(c2nccs2)C1. The van der Waals surface area contributed by atoms with Gasteiger partial charge in [0, 0.05) is 46.7 Å². The van der Waals surface area contributed by atoms with Crippen LogP contribution >= 0.6 is 34.5 Å². The van der Waals surface area contributed by atoms with Crippen LogP contribution in [-0.2, 0) is 4.79 Å². The second-order valence-electron chi connectivity index (χ2n) is 5.49. The highest BCUT2D eigenvalue weighted by atomic mass is 35.5. The maximum Gasteiger partial charge on any atom is 0.246 e. The Morgan fingerprint density at radius 3 is 3.04 bits per heavy atom. The fourth-order valence-corrected chi connectivity index (χ4v) is 3.85. The number of carbonyl (C=O) groups is 1. The Bertz CT molecular complexity index is 715. The summed E-state index contributed by atoms with van der Waals surface area (Å²) in [6.45, 7) is 1.51. The van der Waals surface area contributed by atoms with Gasteiger partial charge >= 0.3 is 0 Å². The largest absolute Gasteiger partial charge is 0.338 e. The van der Waals surface area contributed by atoms with E-state index in [1.54, 1.807) is 41.7 Å². The third kappa shape index (κ3) is 4.14. The summed E-state index contributed by atoms with van der Waals surface area (Å²) in [4.78, 5) is 18.7. The number of piperidine rings is 1. The summed E-state index contributed by atoms with van der Waals surface area (Å²) in [6, 6.07) is 5.21. The summed E-state index contributed by atoms with van der Waals surface area (Å²) >= 11 is 13.7. The topological polar surface area (TPSA) is 33.2 Å². The molecule has 0 bridgehead atoms. The Morgan fingerprint density at radius 1 is 1.39 bits per heavy atom. The molecule has 1 aliphatic rings. The lowest BCUT2D eigenvalue weighted by molar-refractivity contribution is -0.127. The minimum Gasteiger partial charge on any atom is -0.338 e. The van der Waals surface area contributed by atoms with Gasteiger partial charge in [0.05, 0.1) is 5.01 Å². The van der Waals surface area contributed by atoms with Gasteiger partial charge in [-0.2, -0.15) is 0 Å². The second kappa shape index (κ2) is 7.47. The molecule has 1 fully saturated rings. The number of halogens is 2. The number of hydrogen-bond acceptors (Lipinski definition) is 3. The van der Waals surface area contributed by atoms with E-state index in [0.29, 0.717) is 16.0 Å². The third-order valence-electron chi connectivity index (χ3n) is 3.90. The van der Waals surface area contributed by atoms with Crippen LogP contribution in [0, 0.1) is 0 Å². The zero-order valence-electron chi connectivity index (χ0n) is 12.4. The van der Waals surface area contributed by atoms with Crippen LogP contribution < -0.4 is 0 Å². The number of nitrogens with zero attached hydrogens (tertiary/aromatic N) is 2. The molecule has 23 heavy (non-hydrogen) atoms. The van der Waals surface area contributed by atoms with E-state index in [2.05, 4.69) is 4.98 Å². The zero-order valence-corrected chi connectivity index (χ0v) is 14.7. The molecule has 0 spiro atoms. The maximum absolute atomic E-state index is 12.4. The Labute approximate surface area is 149 Å². The molecule has 1 unspecified atom stereocenters. The molecule has 6 heteroatoms. The summed E-state index contributed by atoms with van der Waals surface area (Å²) in [5.41, 5.74) is 0.751. The van der Waals surface area contributed by atoms with Crippen molar-refractivity contribution in [2.24, 2.45) is 0 Å². The fraction of sp³-hybridized carbons (Fsp3) is 0.294. The quantitative estimate of drug-likeness (QED) is 0.726. The normalized spacial score (nSPS) is 18.5. The molecule has 1 aromatic heterocycles. The number of amides is 1. The highest BCUT2D eigenvalue weighted by Gasteiger charge is 2.25. The summed E-state index contributed by atoms with van der Waals surface area (Å²) in [6.07, 6.45) is 7.20. The van der Waals surface area contributed by atoms with Crippen molar-refractivity contribution in [1.82, 2.24) is 9.88 Å². The van der Waals surface area contributed by atoms with Crippen LogP contribution in [0.1, 0.15) is 29.3 Å². The molecule has 1 atom stereocenters. The van der Waals surface area contributed by atoms with Gasteiger partial charge in [0.2, 0.25) is 5.91 Å². The van der Waals surface area contributed by atoms with Gasteiger partial charge in [0.1, 0.15) is 0 Å². The zero-order chi connectivity index (χ0) is 16.2. The van der Waals surface area contributed by atoms with Crippen molar-refractivity contribution in [3.05, 3.63) is 56.5 Å². The summed E-state index contributed by atoms with van der Waals surface area (Å²) < 4.78 is 0. The molecule has 0 radical (unpaired) electrons. The summed E-state index contributed by atoms with van der Waals surface area (Å²) in [5, 5.41) is 4.28. The molecule has 3 rings (SSSR count). The van der Waals surface area contributed by atoms with Crippen molar-refractivity contribution < 1.29 is 4.79 Å². The van der Waals surface area contributed by atoms with Crippen LogP contribution in [0.15, 0.2) is 35.9 Å². The minimum atomic E-state index is 0.00213. The van der Waals surface area contributed by atoms with Crippen molar-refractivity contribution in [2.45, 2.75) is 18.8 Å². The molecule has 0 aliphatic carbocycles. The van der Waals surface area contributed by atoms with Crippen LogP contribution in [0.4, 0.5) is 0 Å². The highest BCUT2D eigenvalue weighted by Crippen LogP contribution is 2.28. The number of likely N-dealkylation sites (tertiary alicyclic amines) is 1. The van der Waals surface area contributed by atoms with E-state index >= 15 is 0 Å². The molecular formula is C17H16Cl2N2OS. The number of rotatable bonds is 3.